The highest BCUT2D eigenvalue weighted by Crippen LogP contribution is 2.34. The number of rotatable bonds is 3. The zero-order chi connectivity index (χ0) is 20.3. The highest BCUT2D eigenvalue weighted by molar-refractivity contribution is 7.80. The van der Waals surface area contributed by atoms with E-state index in [0.29, 0.717) is 21.4 Å². The van der Waals surface area contributed by atoms with Crippen molar-refractivity contribution >= 4 is 62.2 Å². The lowest BCUT2D eigenvalue weighted by Gasteiger charge is -2.11. The van der Waals surface area contributed by atoms with Crippen LogP contribution in [0.5, 0.6) is 0 Å². The number of benzene rings is 2. The molecule has 8 heteroatoms. The lowest BCUT2D eigenvalue weighted by atomic mass is 10.0. The van der Waals surface area contributed by atoms with Crippen molar-refractivity contribution in [2.24, 2.45) is 0 Å². The van der Waals surface area contributed by atoms with E-state index in [1.165, 1.54) is 11.3 Å². The number of thiocarbonyl (C=S) groups is 1. The fraction of sp³-hybridized carbons (Fsp3) is 0.150. The maximum atomic E-state index is 12.4. The van der Waals surface area contributed by atoms with Gasteiger partial charge in [0.05, 0.1) is 5.02 Å². The van der Waals surface area contributed by atoms with Crippen LogP contribution in [0, 0.1) is 0 Å². The van der Waals surface area contributed by atoms with Gasteiger partial charge < -0.3 is 0 Å². The van der Waals surface area contributed by atoms with Crippen molar-refractivity contribution < 1.29 is 9.59 Å². The third kappa shape index (κ3) is 4.49. The van der Waals surface area contributed by atoms with E-state index in [2.05, 4.69) is 30.0 Å². The van der Waals surface area contributed by atoms with Gasteiger partial charge in [-0.3, -0.25) is 25.8 Å². The predicted molar refractivity (Wildman–Crippen MR) is 118 cm³/mol. The summed E-state index contributed by atoms with van der Waals surface area (Å²) in [7, 11) is 0. The lowest BCUT2D eigenvalue weighted by molar-refractivity contribution is 0.0938. The Morgan fingerprint density at radius 1 is 1.00 bits per heavy atom. The van der Waals surface area contributed by atoms with Crippen LogP contribution in [0.1, 0.15) is 45.4 Å². The largest absolute Gasteiger partial charge is 0.298 e. The second-order valence-electron chi connectivity index (χ2n) is 6.38. The predicted octanol–water partition coefficient (Wildman–Crippen LogP) is 4.63. The van der Waals surface area contributed by atoms with Crippen LogP contribution < -0.4 is 16.2 Å². The van der Waals surface area contributed by atoms with Crippen molar-refractivity contribution in [3.63, 3.8) is 0 Å². The molecule has 0 radical (unpaired) electrons. The summed E-state index contributed by atoms with van der Waals surface area (Å²) in [5.41, 5.74) is 6.62. The molecule has 0 unspecified atom stereocenters. The van der Waals surface area contributed by atoms with Gasteiger partial charge in [-0.25, -0.2) is 0 Å². The Morgan fingerprint density at radius 3 is 2.32 bits per heavy atom. The molecule has 3 N–H and O–H groups in total. The number of hydrogen-bond acceptors (Lipinski definition) is 4. The zero-order valence-electron chi connectivity index (χ0n) is 15.2. The van der Waals surface area contributed by atoms with Gasteiger partial charge in [0.2, 0.25) is 0 Å². The van der Waals surface area contributed by atoms with Gasteiger partial charge in [0, 0.05) is 15.6 Å². The summed E-state index contributed by atoms with van der Waals surface area (Å²) in [5, 5.41) is 3.73. The average Bonchev–Trinajstić information content (AvgIpc) is 3.03. The maximum absolute atomic E-state index is 12.4. The van der Waals surface area contributed by atoms with Crippen LogP contribution in [-0.4, -0.2) is 16.9 Å². The average molecular weight is 432 g/mol. The molecule has 0 aliphatic heterocycles. The minimum absolute atomic E-state index is 0.0106. The molecule has 1 heterocycles. The Bertz CT molecular complexity index is 1050. The fourth-order valence-corrected chi connectivity index (χ4v) is 4.11. The van der Waals surface area contributed by atoms with E-state index in [-0.39, 0.29) is 11.0 Å². The summed E-state index contributed by atoms with van der Waals surface area (Å²) >= 11 is 12.6. The first-order valence-corrected chi connectivity index (χ1v) is 10.2. The summed E-state index contributed by atoms with van der Waals surface area (Å²) in [4.78, 5) is 25.0. The van der Waals surface area contributed by atoms with Crippen molar-refractivity contribution in [1.29, 1.82) is 0 Å². The van der Waals surface area contributed by atoms with Crippen molar-refractivity contribution in [2.45, 2.75) is 19.8 Å². The summed E-state index contributed by atoms with van der Waals surface area (Å²) in [6.07, 6.45) is 0. The number of fused-ring (bicyclic) bond motifs is 1. The van der Waals surface area contributed by atoms with Crippen LogP contribution in [0.25, 0.3) is 10.1 Å². The number of carbonyl (C=O) groups is 2. The molecule has 3 aromatic rings. The summed E-state index contributed by atoms with van der Waals surface area (Å²) in [6, 6.07) is 14.8. The van der Waals surface area contributed by atoms with Gasteiger partial charge in [-0.1, -0.05) is 55.8 Å². The molecule has 2 amide bonds. The van der Waals surface area contributed by atoms with Crippen molar-refractivity contribution in [3.8, 4) is 0 Å². The van der Waals surface area contributed by atoms with Crippen LogP contribution in [-0.2, 0) is 0 Å². The SMILES string of the molecule is CC(C)c1ccc(C(=O)NC(=S)NNC(=O)c2sc3ccccc3c2Cl)cc1. The van der Waals surface area contributed by atoms with Crippen LogP contribution >= 0.6 is 35.2 Å². The first kappa shape index (κ1) is 20.3. The third-order valence-corrected chi connectivity index (χ3v) is 5.98. The van der Waals surface area contributed by atoms with Gasteiger partial charge in [-0.2, -0.15) is 0 Å². The number of halogens is 1. The van der Waals surface area contributed by atoms with E-state index in [4.69, 9.17) is 23.8 Å². The molecule has 0 bridgehead atoms. The normalized spacial score (nSPS) is 10.7. The van der Waals surface area contributed by atoms with Gasteiger partial charge in [0.1, 0.15) is 4.88 Å². The first-order chi connectivity index (χ1) is 13.4. The minimum Gasteiger partial charge on any atom is -0.298 e. The van der Waals surface area contributed by atoms with Crippen LogP contribution in [0.15, 0.2) is 48.5 Å². The second kappa shape index (κ2) is 8.68. The number of hydrogen-bond donors (Lipinski definition) is 3. The summed E-state index contributed by atoms with van der Waals surface area (Å²) in [5.74, 6) is -0.401. The molecule has 0 saturated carbocycles. The molecule has 0 atom stereocenters. The highest BCUT2D eigenvalue weighted by Gasteiger charge is 2.17. The van der Waals surface area contributed by atoms with E-state index >= 15 is 0 Å². The van der Waals surface area contributed by atoms with Crippen molar-refractivity contribution in [3.05, 3.63) is 69.6 Å². The summed E-state index contributed by atoms with van der Waals surface area (Å²) < 4.78 is 0.915. The molecular formula is C20H18ClN3O2S2. The molecule has 0 fully saturated rings. The van der Waals surface area contributed by atoms with E-state index in [9.17, 15) is 9.59 Å². The Morgan fingerprint density at radius 2 is 1.68 bits per heavy atom. The fourth-order valence-electron chi connectivity index (χ4n) is 2.56. The quantitative estimate of drug-likeness (QED) is 0.417. The topological polar surface area (TPSA) is 70.2 Å². The molecule has 0 aliphatic carbocycles. The lowest BCUT2D eigenvalue weighted by Crippen LogP contribution is -2.48. The van der Waals surface area contributed by atoms with E-state index in [1.54, 1.807) is 12.1 Å². The molecule has 144 valence electrons. The minimum atomic E-state index is -0.427. The van der Waals surface area contributed by atoms with E-state index in [1.807, 2.05) is 36.4 Å². The monoisotopic (exact) mass is 431 g/mol. The number of nitrogens with one attached hydrogen (secondary N) is 3. The maximum Gasteiger partial charge on any atom is 0.281 e. The second-order valence-corrected chi connectivity index (χ2v) is 8.22. The molecule has 1 aromatic heterocycles. The van der Waals surface area contributed by atoms with Gasteiger partial charge in [0.15, 0.2) is 5.11 Å². The number of thiophene rings is 1. The van der Waals surface area contributed by atoms with Crippen molar-refractivity contribution in [2.75, 3.05) is 0 Å². The Labute approximate surface area is 177 Å². The smallest absolute Gasteiger partial charge is 0.281 e. The van der Waals surface area contributed by atoms with E-state index < -0.39 is 5.91 Å². The standard InChI is InChI=1S/C20H18ClN3O2S2/c1-11(2)12-7-9-13(10-8-12)18(25)22-20(27)24-23-19(26)17-16(21)14-5-3-4-6-15(14)28-17/h3-11H,1-2H3,(H,23,26)(H2,22,24,25,27). The highest BCUT2D eigenvalue weighted by atomic mass is 35.5. The number of amides is 2. The van der Waals surface area contributed by atoms with Crippen LogP contribution in [0.2, 0.25) is 5.02 Å². The Balaban J connectivity index is 1.58. The molecule has 0 spiro atoms. The van der Waals surface area contributed by atoms with Gasteiger partial charge in [0.25, 0.3) is 11.8 Å². The third-order valence-electron chi connectivity index (χ3n) is 4.10. The zero-order valence-corrected chi connectivity index (χ0v) is 17.6. The molecule has 0 saturated heterocycles. The molecule has 3 rings (SSSR count). The molecule has 5 nitrogen and oxygen atoms in total. The van der Waals surface area contributed by atoms with Gasteiger partial charge >= 0.3 is 0 Å². The molecule has 2 aromatic carbocycles. The van der Waals surface area contributed by atoms with Crippen LogP contribution in [0.4, 0.5) is 0 Å². The van der Waals surface area contributed by atoms with Crippen LogP contribution in [0.3, 0.4) is 0 Å². The molecular weight excluding hydrogens is 414 g/mol. The Hall–Kier alpha value is -2.48. The van der Waals surface area contributed by atoms with E-state index in [0.717, 1.165) is 15.6 Å². The molecule has 0 aliphatic rings. The molecule has 28 heavy (non-hydrogen) atoms. The summed E-state index contributed by atoms with van der Waals surface area (Å²) in [6.45, 7) is 4.17. The van der Waals surface area contributed by atoms with Crippen molar-refractivity contribution in [1.82, 2.24) is 16.2 Å². The number of hydrazine groups is 1. The Kier molecular flexibility index (Phi) is 6.28. The first-order valence-electron chi connectivity index (χ1n) is 8.55. The number of carbonyl (C=O) groups excluding carboxylic acids is 2. The van der Waals surface area contributed by atoms with Gasteiger partial charge in [-0.15, -0.1) is 11.3 Å². The van der Waals surface area contributed by atoms with Gasteiger partial charge in [-0.05, 0) is 41.9 Å².